The Morgan fingerprint density at radius 1 is 1.00 bits per heavy atom. The summed E-state index contributed by atoms with van der Waals surface area (Å²) in [7, 11) is 0. The molecule has 0 saturated heterocycles. The summed E-state index contributed by atoms with van der Waals surface area (Å²) >= 11 is 3.27. The molecule has 3 aromatic heterocycles. The van der Waals surface area contributed by atoms with Gasteiger partial charge in [0.2, 0.25) is 0 Å². The summed E-state index contributed by atoms with van der Waals surface area (Å²) < 4.78 is 2.04. The number of benzene rings is 2. The number of hydrogen-bond acceptors (Lipinski definition) is 7. The number of imidazole rings is 1. The fraction of sp³-hybridized carbons (Fsp3) is 0.0870. The summed E-state index contributed by atoms with van der Waals surface area (Å²) in [5.74, 6) is 0.637. The first-order valence-electron chi connectivity index (χ1n) is 9.83. The van der Waals surface area contributed by atoms with Crippen LogP contribution in [0.5, 0.6) is 0 Å². The number of nitro benzene ring substituents is 1. The summed E-state index contributed by atoms with van der Waals surface area (Å²) in [6.45, 7) is 0.661. The molecule has 5 aromatic rings. The fourth-order valence-corrected chi connectivity index (χ4v) is 5.15. The van der Waals surface area contributed by atoms with Crippen LogP contribution >= 0.6 is 23.1 Å². The Balaban J connectivity index is 1.39. The van der Waals surface area contributed by atoms with Crippen LogP contribution in [0.1, 0.15) is 11.1 Å². The van der Waals surface area contributed by atoms with Crippen molar-refractivity contribution in [2.75, 3.05) is 0 Å². The largest absolute Gasteiger partial charge is 0.311 e. The quantitative estimate of drug-likeness (QED) is 0.132. The number of hydrogen-bond donors (Lipinski definition) is 0. The maximum absolute atomic E-state index is 10.8. The zero-order valence-electron chi connectivity index (χ0n) is 16.8. The highest BCUT2D eigenvalue weighted by Crippen LogP contribution is 2.30. The standard InChI is InChI=1S/C23H17N5O2S2/c29-28(30)18-9-7-16(8-10-18)13-32-23-21-22(24-14-25-23)27(15-26-21)12-17-4-1-2-5-19(17)20-6-3-11-31-20/h1-11,14-15H,12-13H2. The number of aromatic nitrogens is 4. The zero-order chi connectivity index (χ0) is 21.9. The summed E-state index contributed by atoms with van der Waals surface area (Å²) in [4.78, 5) is 25.2. The Labute approximate surface area is 192 Å². The van der Waals surface area contributed by atoms with Crippen LogP contribution in [0, 0.1) is 10.1 Å². The number of rotatable bonds is 7. The Bertz CT molecular complexity index is 1380. The Kier molecular flexibility index (Phi) is 5.66. The molecule has 0 amide bonds. The minimum atomic E-state index is -0.395. The van der Waals surface area contributed by atoms with E-state index in [9.17, 15) is 10.1 Å². The molecule has 5 rings (SSSR count). The van der Waals surface area contributed by atoms with Gasteiger partial charge in [0.1, 0.15) is 16.9 Å². The molecule has 0 atom stereocenters. The lowest BCUT2D eigenvalue weighted by atomic mass is 10.1. The molecule has 0 saturated carbocycles. The van der Waals surface area contributed by atoms with Crippen LogP contribution in [0.2, 0.25) is 0 Å². The van der Waals surface area contributed by atoms with Gasteiger partial charge in [0.05, 0.1) is 17.8 Å². The number of nitro groups is 1. The van der Waals surface area contributed by atoms with Crippen molar-refractivity contribution in [3.63, 3.8) is 0 Å². The average molecular weight is 460 g/mol. The lowest BCUT2D eigenvalue weighted by Gasteiger charge is -2.09. The van der Waals surface area contributed by atoms with Gasteiger partial charge < -0.3 is 4.57 Å². The molecule has 0 bridgehead atoms. The van der Waals surface area contributed by atoms with Gasteiger partial charge in [0.25, 0.3) is 5.69 Å². The molecule has 9 heteroatoms. The number of thiophene rings is 1. The van der Waals surface area contributed by atoms with Crippen molar-refractivity contribution in [1.29, 1.82) is 0 Å². The molecule has 32 heavy (non-hydrogen) atoms. The highest BCUT2D eigenvalue weighted by Gasteiger charge is 2.13. The molecular weight excluding hydrogens is 442 g/mol. The molecule has 0 aliphatic carbocycles. The van der Waals surface area contributed by atoms with E-state index >= 15 is 0 Å². The predicted molar refractivity (Wildman–Crippen MR) is 127 cm³/mol. The second-order valence-corrected chi connectivity index (χ2v) is 8.98. The molecule has 0 spiro atoms. The third-order valence-electron chi connectivity index (χ3n) is 5.04. The van der Waals surface area contributed by atoms with Gasteiger partial charge in [-0.1, -0.05) is 54.2 Å². The monoisotopic (exact) mass is 459 g/mol. The predicted octanol–water partition coefficient (Wildman–Crippen LogP) is 5.80. The third-order valence-corrected chi connectivity index (χ3v) is 6.99. The molecule has 7 nitrogen and oxygen atoms in total. The van der Waals surface area contributed by atoms with Crippen LogP contribution < -0.4 is 0 Å². The van der Waals surface area contributed by atoms with Crippen molar-refractivity contribution in [3.05, 3.63) is 99.9 Å². The normalized spacial score (nSPS) is 11.1. The number of thioether (sulfide) groups is 1. The van der Waals surface area contributed by atoms with Crippen molar-refractivity contribution in [2.24, 2.45) is 0 Å². The SMILES string of the molecule is O=[N+]([O-])c1ccc(CSc2ncnc3c2ncn3Cc2ccccc2-c2cccs2)cc1. The number of non-ortho nitro benzene ring substituents is 1. The van der Waals surface area contributed by atoms with Gasteiger partial charge in [-0.2, -0.15) is 0 Å². The Morgan fingerprint density at radius 3 is 2.62 bits per heavy atom. The van der Waals surface area contributed by atoms with Gasteiger partial charge in [-0.3, -0.25) is 10.1 Å². The first-order valence-corrected chi connectivity index (χ1v) is 11.7. The van der Waals surface area contributed by atoms with Crippen molar-refractivity contribution >= 4 is 39.9 Å². The van der Waals surface area contributed by atoms with Gasteiger partial charge in [-0.25, -0.2) is 15.0 Å². The highest BCUT2D eigenvalue weighted by molar-refractivity contribution is 7.98. The lowest BCUT2D eigenvalue weighted by Crippen LogP contribution is -2.01. The van der Waals surface area contributed by atoms with E-state index in [0.29, 0.717) is 12.3 Å². The van der Waals surface area contributed by atoms with E-state index in [1.807, 2.05) is 10.6 Å². The van der Waals surface area contributed by atoms with Crippen LogP contribution in [0.4, 0.5) is 5.69 Å². The minimum Gasteiger partial charge on any atom is -0.311 e. The van der Waals surface area contributed by atoms with Crippen molar-refractivity contribution in [1.82, 2.24) is 19.5 Å². The topological polar surface area (TPSA) is 86.7 Å². The summed E-state index contributed by atoms with van der Waals surface area (Å²) in [6.07, 6.45) is 3.37. The first kappa shape index (κ1) is 20.3. The fourth-order valence-electron chi connectivity index (χ4n) is 3.46. The lowest BCUT2D eigenvalue weighted by molar-refractivity contribution is -0.384. The van der Waals surface area contributed by atoms with Gasteiger partial charge in [0, 0.05) is 22.8 Å². The maximum Gasteiger partial charge on any atom is 0.269 e. The van der Waals surface area contributed by atoms with E-state index in [0.717, 1.165) is 21.8 Å². The number of fused-ring (bicyclic) bond motifs is 1. The van der Waals surface area contributed by atoms with E-state index in [-0.39, 0.29) is 5.69 Å². The van der Waals surface area contributed by atoms with E-state index in [2.05, 4.69) is 50.7 Å². The van der Waals surface area contributed by atoms with Crippen LogP contribution in [-0.2, 0) is 12.3 Å². The Morgan fingerprint density at radius 2 is 1.84 bits per heavy atom. The van der Waals surface area contributed by atoms with Crippen LogP contribution in [-0.4, -0.2) is 24.4 Å². The molecule has 0 aliphatic heterocycles. The van der Waals surface area contributed by atoms with Gasteiger partial charge in [0.15, 0.2) is 5.65 Å². The van der Waals surface area contributed by atoms with Crippen molar-refractivity contribution < 1.29 is 4.92 Å². The molecule has 0 unspecified atom stereocenters. The minimum absolute atomic E-state index is 0.0877. The molecule has 0 N–H and O–H groups in total. The van der Waals surface area contributed by atoms with Crippen LogP contribution in [0.3, 0.4) is 0 Å². The van der Waals surface area contributed by atoms with Crippen molar-refractivity contribution in [3.8, 4) is 10.4 Å². The molecule has 2 aromatic carbocycles. The van der Waals surface area contributed by atoms with Crippen LogP contribution in [0.25, 0.3) is 21.6 Å². The van der Waals surface area contributed by atoms with E-state index < -0.39 is 4.92 Å². The maximum atomic E-state index is 10.8. The van der Waals surface area contributed by atoms with Gasteiger partial charge in [-0.15, -0.1) is 11.3 Å². The molecule has 158 valence electrons. The average Bonchev–Trinajstić information content (AvgIpc) is 3.49. The summed E-state index contributed by atoms with van der Waals surface area (Å²) in [5.41, 5.74) is 5.03. The van der Waals surface area contributed by atoms with E-state index in [1.54, 1.807) is 47.9 Å². The highest BCUT2D eigenvalue weighted by atomic mass is 32.2. The second kappa shape index (κ2) is 8.89. The second-order valence-electron chi connectivity index (χ2n) is 7.07. The van der Waals surface area contributed by atoms with Crippen molar-refractivity contribution in [2.45, 2.75) is 17.3 Å². The van der Waals surface area contributed by atoms with E-state index in [4.69, 9.17) is 0 Å². The zero-order valence-corrected chi connectivity index (χ0v) is 18.4. The van der Waals surface area contributed by atoms with Gasteiger partial charge in [-0.05, 0) is 28.1 Å². The molecule has 3 heterocycles. The summed E-state index contributed by atoms with van der Waals surface area (Å²) in [5, 5.41) is 13.7. The molecular formula is C23H17N5O2S2. The Hall–Kier alpha value is -3.56. The molecule has 0 radical (unpaired) electrons. The van der Waals surface area contributed by atoms with Crippen LogP contribution in [0.15, 0.2) is 83.7 Å². The molecule has 0 fully saturated rings. The third kappa shape index (κ3) is 4.12. The number of nitrogens with zero attached hydrogens (tertiary/aromatic N) is 5. The van der Waals surface area contributed by atoms with Gasteiger partial charge >= 0.3 is 0 Å². The smallest absolute Gasteiger partial charge is 0.269 e. The first-order chi connectivity index (χ1) is 15.7. The summed E-state index contributed by atoms with van der Waals surface area (Å²) in [6, 6.07) is 19.1. The molecule has 0 aliphatic rings. The van der Waals surface area contributed by atoms with E-state index in [1.165, 1.54) is 28.1 Å².